The number of fused-ring (bicyclic) bond motifs is 3. The van der Waals surface area contributed by atoms with Gasteiger partial charge in [0.25, 0.3) is 0 Å². The predicted octanol–water partition coefficient (Wildman–Crippen LogP) is 7.40. The van der Waals surface area contributed by atoms with Crippen molar-refractivity contribution in [3.63, 3.8) is 0 Å². The molecule has 0 amide bonds. The third-order valence-electron chi connectivity index (χ3n) is 4.77. The van der Waals surface area contributed by atoms with E-state index in [4.69, 9.17) is 4.42 Å². The molecule has 2 aromatic carbocycles. The highest BCUT2D eigenvalue weighted by molar-refractivity contribution is 6.05. The van der Waals surface area contributed by atoms with Gasteiger partial charge in [0, 0.05) is 10.8 Å². The lowest BCUT2D eigenvalue weighted by atomic mass is 10.00. The minimum Gasteiger partial charge on any atom is -0.456 e. The average molecular weight is 342 g/mol. The second-order valence-corrected chi connectivity index (χ2v) is 7.01. The lowest BCUT2D eigenvalue weighted by Crippen LogP contribution is -1.90. The van der Waals surface area contributed by atoms with Crippen molar-refractivity contribution in [2.24, 2.45) is 5.92 Å². The van der Waals surface area contributed by atoms with Gasteiger partial charge in [0.05, 0.1) is 0 Å². The van der Waals surface area contributed by atoms with Crippen molar-refractivity contribution in [2.45, 2.75) is 27.2 Å². The number of furan rings is 1. The van der Waals surface area contributed by atoms with E-state index in [9.17, 15) is 0 Å². The third-order valence-corrected chi connectivity index (χ3v) is 4.77. The molecule has 3 rings (SSSR count). The molecule has 0 bridgehead atoms. The van der Waals surface area contributed by atoms with Crippen molar-refractivity contribution < 1.29 is 4.42 Å². The summed E-state index contributed by atoms with van der Waals surface area (Å²) in [5.41, 5.74) is 5.80. The lowest BCUT2D eigenvalue weighted by Gasteiger charge is -2.05. The first-order valence-electron chi connectivity index (χ1n) is 9.15. The Morgan fingerprint density at radius 2 is 1.81 bits per heavy atom. The number of rotatable bonds is 6. The molecule has 3 aromatic rings. The van der Waals surface area contributed by atoms with Crippen molar-refractivity contribution in [1.29, 1.82) is 0 Å². The molecule has 0 saturated carbocycles. The summed E-state index contributed by atoms with van der Waals surface area (Å²) in [4.78, 5) is 0. The summed E-state index contributed by atoms with van der Waals surface area (Å²) >= 11 is 0. The Morgan fingerprint density at radius 1 is 1.04 bits per heavy atom. The van der Waals surface area contributed by atoms with Crippen LogP contribution in [0.5, 0.6) is 0 Å². The number of benzene rings is 2. The molecule has 1 nitrogen and oxygen atoms in total. The monoisotopic (exact) mass is 342 g/mol. The molecule has 132 valence electrons. The fourth-order valence-corrected chi connectivity index (χ4v) is 2.91. The van der Waals surface area contributed by atoms with Gasteiger partial charge in [-0.2, -0.15) is 0 Å². The molecule has 0 N–H and O–H groups in total. The van der Waals surface area contributed by atoms with Crippen LogP contribution in [0.15, 0.2) is 95.0 Å². The van der Waals surface area contributed by atoms with Crippen LogP contribution in [0.3, 0.4) is 0 Å². The van der Waals surface area contributed by atoms with Crippen molar-refractivity contribution in [3.8, 4) is 0 Å². The van der Waals surface area contributed by atoms with Gasteiger partial charge in [-0.3, -0.25) is 0 Å². The number of hydrogen-bond acceptors (Lipinski definition) is 1. The maximum atomic E-state index is 5.93. The summed E-state index contributed by atoms with van der Waals surface area (Å²) in [6.45, 7) is 10.4. The predicted molar refractivity (Wildman–Crippen MR) is 113 cm³/mol. The van der Waals surface area contributed by atoms with Gasteiger partial charge < -0.3 is 4.42 Å². The molecule has 0 radical (unpaired) electrons. The number of allylic oxidation sites excluding steroid dienone is 7. The maximum Gasteiger partial charge on any atom is 0.135 e. The van der Waals surface area contributed by atoms with E-state index in [2.05, 4.69) is 75.9 Å². The zero-order valence-electron chi connectivity index (χ0n) is 15.8. The second kappa shape index (κ2) is 8.05. The Morgan fingerprint density at radius 3 is 2.58 bits per heavy atom. The van der Waals surface area contributed by atoms with Crippen LogP contribution in [0.25, 0.3) is 21.9 Å². The van der Waals surface area contributed by atoms with Gasteiger partial charge in [0.15, 0.2) is 0 Å². The molecular weight excluding hydrogens is 316 g/mol. The molecule has 1 aromatic heterocycles. The molecule has 0 saturated heterocycles. The fourth-order valence-electron chi connectivity index (χ4n) is 2.91. The Hall–Kier alpha value is -2.80. The topological polar surface area (TPSA) is 13.1 Å². The zero-order valence-corrected chi connectivity index (χ0v) is 15.8. The second-order valence-electron chi connectivity index (χ2n) is 7.01. The van der Waals surface area contributed by atoms with Crippen LogP contribution >= 0.6 is 0 Å². The van der Waals surface area contributed by atoms with Gasteiger partial charge >= 0.3 is 0 Å². The Kier molecular flexibility index (Phi) is 5.58. The van der Waals surface area contributed by atoms with Gasteiger partial charge in [0.2, 0.25) is 0 Å². The molecule has 0 aliphatic rings. The van der Waals surface area contributed by atoms with E-state index in [1.807, 2.05) is 24.3 Å². The molecule has 26 heavy (non-hydrogen) atoms. The van der Waals surface area contributed by atoms with Crippen LogP contribution < -0.4 is 0 Å². The van der Waals surface area contributed by atoms with Crippen LogP contribution in [0.1, 0.15) is 26.3 Å². The summed E-state index contributed by atoms with van der Waals surface area (Å²) in [5.74, 6) is 0.560. The highest BCUT2D eigenvalue weighted by Crippen LogP contribution is 2.29. The van der Waals surface area contributed by atoms with Crippen molar-refractivity contribution in [1.82, 2.24) is 0 Å². The summed E-state index contributed by atoms with van der Waals surface area (Å²) in [5, 5.41) is 2.35. The first kappa shape index (κ1) is 18.0. The zero-order chi connectivity index (χ0) is 18.5. The third kappa shape index (κ3) is 4.05. The van der Waals surface area contributed by atoms with Gasteiger partial charge in [-0.1, -0.05) is 80.6 Å². The van der Waals surface area contributed by atoms with E-state index < -0.39 is 0 Å². The highest BCUT2D eigenvalue weighted by Gasteiger charge is 2.07. The normalized spacial score (nSPS) is 13.4. The molecule has 0 aliphatic carbocycles. The SMILES string of the molecule is C=C\C=C/C(=C\C=C(/C)C(C)C)Cc1ccc2oc3ccccc3c2c1. The number of para-hydroxylation sites is 1. The molecule has 0 atom stereocenters. The molecule has 0 unspecified atom stereocenters. The van der Waals surface area contributed by atoms with E-state index >= 15 is 0 Å². The van der Waals surface area contributed by atoms with E-state index in [0.717, 1.165) is 17.6 Å². The highest BCUT2D eigenvalue weighted by atomic mass is 16.3. The van der Waals surface area contributed by atoms with Crippen LogP contribution in [0, 0.1) is 5.92 Å². The maximum absolute atomic E-state index is 5.93. The van der Waals surface area contributed by atoms with Gasteiger partial charge in [0.1, 0.15) is 11.2 Å². The Bertz CT molecular complexity index is 1010. The van der Waals surface area contributed by atoms with Gasteiger partial charge in [-0.05, 0) is 48.6 Å². The van der Waals surface area contributed by atoms with E-state index in [1.165, 1.54) is 27.5 Å². The fraction of sp³-hybridized carbons (Fsp3) is 0.200. The summed E-state index contributed by atoms with van der Waals surface area (Å²) in [6.07, 6.45) is 11.3. The minimum atomic E-state index is 0.560. The van der Waals surface area contributed by atoms with Gasteiger partial charge in [-0.15, -0.1) is 0 Å². The minimum absolute atomic E-state index is 0.560. The molecule has 0 aliphatic heterocycles. The lowest BCUT2D eigenvalue weighted by molar-refractivity contribution is 0.669. The van der Waals surface area contributed by atoms with Crippen molar-refractivity contribution in [3.05, 3.63) is 96.1 Å². The average Bonchev–Trinajstić information content (AvgIpc) is 3.01. The molecule has 0 fully saturated rings. The standard InChI is InChI=1S/C25H26O/c1-5-6-9-20(13-12-19(4)18(2)3)16-21-14-15-25-23(17-21)22-10-7-8-11-24(22)26-25/h5-15,17-18H,1,16H2,2-4H3/b9-6-,19-12+,20-13+. The van der Waals surface area contributed by atoms with E-state index in [-0.39, 0.29) is 0 Å². The Balaban J connectivity index is 1.96. The smallest absolute Gasteiger partial charge is 0.135 e. The molecular formula is C25H26O. The largest absolute Gasteiger partial charge is 0.456 e. The summed E-state index contributed by atoms with van der Waals surface area (Å²) in [6, 6.07) is 14.7. The van der Waals surface area contributed by atoms with Gasteiger partial charge in [-0.25, -0.2) is 0 Å². The Labute approximate surface area is 156 Å². The van der Waals surface area contributed by atoms with Crippen LogP contribution in [-0.2, 0) is 6.42 Å². The van der Waals surface area contributed by atoms with Crippen LogP contribution in [0.2, 0.25) is 0 Å². The van der Waals surface area contributed by atoms with Crippen LogP contribution in [-0.4, -0.2) is 0 Å². The first-order chi connectivity index (χ1) is 12.6. The van der Waals surface area contributed by atoms with Crippen molar-refractivity contribution in [2.75, 3.05) is 0 Å². The molecule has 0 spiro atoms. The van der Waals surface area contributed by atoms with E-state index in [1.54, 1.807) is 0 Å². The van der Waals surface area contributed by atoms with Crippen molar-refractivity contribution >= 4 is 21.9 Å². The molecule has 1 heterocycles. The van der Waals surface area contributed by atoms with E-state index in [0.29, 0.717) is 5.92 Å². The first-order valence-corrected chi connectivity index (χ1v) is 9.15. The quantitative estimate of drug-likeness (QED) is 0.425. The summed E-state index contributed by atoms with van der Waals surface area (Å²) in [7, 11) is 0. The summed E-state index contributed by atoms with van der Waals surface area (Å²) < 4.78 is 5.93. The number of hydrogen-bond donors (Lipinski definition) is 0. The molecule has 1 heteroatoms. The van der Waals surface area contributed by atoms with Crippen LogP contribution in [0.4, 0.5) is 0 Å².